The first-order chi connectivity index (χ1) is 6.58. The molecule has 1 atom stereocenters. The molecule has 0 amide bonds. The highest BCUT2D eigenvalue weighted by Crippen LogP contribution is 2.31. The standard InChI is InChI=1S/C12H13ClO/c1-3-4-9-12(2,14)10-7-5-6-8-11(10)13/h1,5-8,14H,4,9H2,2H3. The molecule has 0 saturated heterocycles. The molecule has 2 heteroatoms. The Kier molecular flexibility index (Phi) is 3.57. The van der Waals surface area contributed by atoms with Crippen molar-refractivity contribution in [2.24, 2.45) is 0 Å². The summed E-state index contributed by atoms with van der Waals surface area (Å²) in [6, 6.07) is 7.27. The topological polar surface area (TPSA) is 20.2 Å². The lowest BCUT2D eigenvalue weighted by Crippen LogP contribution is -2.21. The highest BCUT2D eigenvalue weighted by molar-refractivity contribution is 6.31. The second-order valence-corrected chi connectivity index (χ2v) is 3.87. The molecule has 1 unspecified atom stereocenters. The minimum Gasteiger partial charge on any atom is -0.385 e. The highest BCUT2D eigenvalue weighted by Gasteiger charge is 2.24. The van der Waals surface area contributed by atoms with E-state index < -0.39 is 5.60 Å². The lowest BCUT2D eigenvalue weighted by molar-refractivity contribution is 0.0495. The van der Waals surface area contributed by atoms with Gasteiger partial charge in [0, 0.05) is 17.0 Å². The largest absolute Gasteiger partial charge is 0.385 e. The molecule has 1 rings (SSSR count). The van der Waals surface area contributed by atoms with Crippen LogP contribution in [0.15, 0.2) is 24.3 Å². The van der Waals surface area contributed by atoms with Gasteiger partial charge in [0.1, 0.15) is 0 Å². The van der Waals surface area contributed by atoms with Crippen molar-refractivity contribution in [2.75, 3.05) is 0 Å². The van der Waals surface area contributed by atoms with Gasteiger partial charge in [0.05, 0.1) is 5.60 Å². The fourth-order valence-electron chi connectivity index (χ4n) is 1.35. The average Bonchev–Trinajstić information content (AvgIpc) is 2.15. The van der Waals surface area contributed by atoms with E-state index in [2.05, 4.69) is 5.92 Å². The minimum absolute atomic E-state index is 0.521. The second kappa shape index (κ2) is 4.50. The Morgan fingerprint density at radius 2 is 2.14 bits per heavy atom. The van der Waals surface area contributed by atoms with Crippen LogP contribution in [-0.4, -0.2) is 5.11 Å². The number of terminal acetylenes is 1. The van der Waals surface area contributed by atoms with Crippen LogP contribution in [0.25, 0.3) is 0 Å². The van der Waals surface area contributed by atoms with E-state index in [1.807, 2.05) is 18.2 Å². The summed E-state index contributed by atoms with van der Waals surface area (Å²) in [6.07, 6.45) is 6.22. The van der Waals surface area contributed by atoms with Gasteiger partial charge in [-0.3, -0.25) is 0 Å². The van der Waals surface area contributed by atoms with Crippen molar-refractivity contribution in [2.45, 2.75) is 25.4 Å². The van der Waals surface area contributed by atoms with Crippen LogP contribution in [0.3, 0.4) is 0 Å². The molecule has 0 aliphatic heterocycles. The Bertz CT molecular complexity index is 350. The number of hydrogen-bond donors (Lipinski definition) is 1. The van der Waals surface area contributed by atoms with Crippen LogP contribution >= 0.6 is 11.6 Å². The summed E-state index contributed by atoms with van der Waals surface area (Å²) < 4.78 is 0. The van der Waals surface area contributed by atoms with E-state index in [1.54, 1.807) is 13.0 Å². The maximum atomic E-state index is 10.1. The number of benzene rings is 1. The maximum Gasteiger partial charge on any atom is 0.0892 e. The monoisotopic (exact) mass is 208 g/mol. The van der Waals surface area contributed by atoms with Crippen LogP contribution in [0.4, 0.5) is 0 Å². The number of rotatable bonds is 3. The van der Waals surface area contributed by atoms with Crippen LogP contribution in [0, 0.1) is 12.3 Å². The summed E-state index contributed by atoms with van der Waals surface area (Å²) in [4.78, 5) is 0. The molecule has 1 aromatic rings. The summed E-state index contributed by atoms with van der Waals surface area (Å²) in [5.74, 6) is 2.51. The van der Waals surface area contributed by atoms with Crippen LogP contribution in [0.5, 0.6) is 0 Å². The summed E-state index contributed by atoms with van der Waals surface area (Å²) >= 11 is 5.98. The third kappa shape index (κ3) is 2.51. The van der Waals surface area contributed by atoms with Crippen molar-refractivity contribution in [3.8, 4) is 12.3 Å². The van der Waals surface area contributed by atoms with Gasteiger partial charge in [0.25, 0.3) is 0 Å². The minimum atomic E-state index is -0.940. The normalized spacial score (nSPS) is 14.4. The summed E-state index contributed by atoms with van der Waals surface area (Å²) in [5.41, 5.74) is -0.207. The van der Waals surface area contributed by atoms with E-state index in [0.29, 0.717) is 17.9 Å². The molecule has 0 aromatic heterocycles. The fraction of sp³-hybridized carbons (Fsp3) is 0.333. The predicted molar refractivity (Wildman–Crippen MR) is 59.1 cm³/mol. The van der Waals surface area contributed by atoms with E-state index in [0.717, 1.165) is 5.56 Å². The van der Waals surface area contributed by atoms with E-state index in [-0.39, 0.29) is 0 Å². The third-order valence-electron chi connectivity index (χ3n) is 2.21. The number of halogens is 1. The van der Waals surface area contributed by atoms with E-state index in [1.165, 1.54) is 0 Å². The molecule has 0 saturated carbocycles. The summed E-state index contributed by atoms with van der Waals surface area (Å²) in [7, 11) is 0. The third-order valence-corrected chi connectivity index (χ3v) is 2.54. The lowest BCUT2D eigenvalue weighted by atomic mass is 9.91. The maximum absolute atomic E-state index is 10.1. The van der Waals surface area contributed by atoms with Crippen molar-refractivity contribution in [1.29, 1.82) is 0 Å². The zero-order valence-corrected chi connectivity index (χ0v) is 8.88. The molecule has 0 heterocycles. The Morgan fingerprint density at radius 1 is 1.50 bits per heavy atom. The quantitative estimate of drug-likeness (QED) is 0.758. The van der Waals surface area contributed by atoms with Gasteiger partial charge in [-0.25, -0.2) is 0 Å². The Hall–Kier alpha value is -0.970. The number of aliphatic hydroxyl groups is 1. The van der Waals surface area contributed by atoms with Crippen LogP contribution in [0.2, 0.25) is 5.02 Å². The van der Waals surface area contributed by atoms with Crippen molar-refractivity contribution < 1.29 is 5.11 Å². The van der Waals surface area contributed by atoms with Gasteiger partial charge in [-0.1, -0.05) is 29.8 Å². The van der Waals surface area contributed by atoms with Crippen molar-refractivity contribution in [3.63, 3.8) is 0 Å². The summed E-state index contributed by atoms with van der Waals surface area (Å²) in [6.45, 7) is 1.73. The first-order valence-corrected chi connectivity index (χ1v) is 4.86. The molecule has 0 bridgehead atoms. The van der Waals surface area contributed by atoms with Gasteiger partial charge in [-0.05, 0) is 19.4 Å². The number of hydrogen-bond acceptors (Lipinski definition) is 1. The molecular formula is C12H13ClO. The Morgan fingerprint density at radius 3 is 2.71 bits per heavy atom. The molecule has 0 aliphatic rings. The second-order valence-electron chi connectivity index (χ2n) is 3.46. The van der Waals surface area contributed by atoms with Gasteiger partial charge in [-0.15, -0.1) is 12.3 Å². The van der Waals surface area contributed by atoms with Crippen molar-refractivity contribution in [1.82, 2.24) is 0 Å². The smallest absolute Gasteiger partial charge is 0.0892 e. The molecule has 14 heavy (non-hydrogen) atoms. The van der Waals surface area contributed by atoms with Crippen LogP contribution in [-0.2, 0) is 5.60 Å². The molecule has 1 N–H and O–H groups in total. The van der Waals surface area contributed by atoms with Crippen LogP contribution < -0.4 is 0 Å². The first-order valence-electron chi connectivity index (χ1n) is 4.49. The molecule has 0 aliphatic carbocycles. The van der Waals surface area contributed by atoms with E-state index >= 15 is 0 Å². The molecule has 0 fully saturated rings. The molecule has 1 aromatic carbocycles. The first kappa shape index (κ1) is 11.1. The van der Waals surface area contributed by atoms with Gasteiger partial charge < -0.3 is 5.11 Å². The van der Waals surface area contributed by atoms with Gasteiger partial charge in [0.15, 0.2) is 0 Å². The zero-order chi connectivity index (χ0) is 10.6. The highest BCUT2D eigenvalue weighted by atomic mass is 35.5. The molecule has 74 valence electrons. The fourth-order valence-corrected chi connectivity index (χ4v) is 1.69. The molecular weight excluding hydrogens is 196 g/mol. The van der Waals surface area contributed by atoms with Gasteiger partial charge in [0.2, 0.25) is 0 Å². The summed E-state index contributed by atoms with van der Waals surface area (Å²) in [5, 5.41) is 10.7. The van der Waals surface area contributed by atoms with Crippen molar-refractivity contribution in [3.05, 3.63) is 34.9 Å². The van der Waals surface area contributed by atoms with Gasteiger partial charge in [-0.2, -0.15) is 0 Å². The van der Waals surface area contributed by atoms with E-state index in [9.17, 15) is 5.11 Å². The zero-order valence-electron chi connectivity index (χ0n) is 8.13. The van der Waals surface area contributed by atoms with Gasteiger partial charge >= 0.3 is 0 Å². The Balaban J connectivity index is 2.92. The lowest BCUT2D eigenvalue weighted by Gasteiger charge is -2.23. The molecule has 0 radical (unpaired) electrons. The van der Waals surface area contributed by atoms with E-state index in [4.69, 9.17) is 18.0 Å². The van der Waals surface area contributed by atoms with Crippen LogP contribution in [0.1, 0.15) is 25.3 Å². The Labute approximate surface area is 89.7 Å². The molecule has 0 spiro atoms. The average molecular weight is 209 g/mol. The predicted octanol–water partition coefficient (Wildman–Crippen LogP) is 2.96. The SMILES string of the molecule is C#CCCC(C)(O)c1ccccc1Cl. The van der Waals surface area contributed by atoms with Crippen molar-refractivity contribution >= 4 is 11.6 Å². The molecule has 1 nitrogen and oxygen atoms in total.